The number of alkyl halides is 6. The fourth-order valence-corrected chi connectivity index (χ4v) is 6.56. The van der Waals surface area contributed by atoms with Gasteiger partial charge in [0, 0.05) is 39.6 Å². The van der Waals surface area contributed by atoms with Crippen LogP contribution in [0.25, 0.3) is 0 Å². The van der Waals surface area contributed by atoms with Gasteiger partial charge in [-0.15, -0.1) is 0 Å². The first-order valence-corrected chi connectivity index (χ1v) is 15.0. The molecule has 6 nitrogen and oxygen atoms in total. The van der Waals surface area contributed by atoms with Crippen LogP contribution in [0.3, 0.4) is 0 Å². The molecule has 0 unspecified atom stereocenters. The van der Waals surface area contributed by atoms with E-state index >= 15 is 0 Å². The zero-order valence-electron chi connectivity index (χ0n) is 25.4. The van der Waals surface area contributed by atoms with E-state index in [1.807, 2.05) is 0 Å². The number of benzene rings is 2. The Labute approximate surface area is 257 Å². The van der Waals surface area contributed by atoms with Gasteiger partial charge in [-0.3, -0.25) is 9.69 Å². The van der Waals surface area contributed by atoms with Crippen molar-refractivity contribution in [3.8, 4) is 0 Å². The molecule has 0 spiro atoms. The second-order valence-electron chi connectivity index (χ2n) is 12.4. The van der Waals surface area contributed by atoms with Crippen LogP contribution < -0.4 is 0 Å². The zero-order chi connectivity index (χ0) is 33.3. The highest BCUT2D eigenvalue weighted by Crippen LogP contribution is 2.39. The standard InChI is InChI=1S/C32H38F7N3O3/c1-19-12-26(33)8-9-27(19)28-18-41(17-22-6-4-21(5-7-22)13-29(43)44)10-11-42(28)30(45)40(3)20(2)23-14-24(31(34,35)36)16-25(15-23)32(37,38)39/h8-9,12,14-16,20-22,28H,4-7,10-11,13,17-18H2,1-3H3,(H,43,44)/t20-,21-,22+,28-/m1/s1. The Hall–Kier alpha value is -3.35. The van der Waals surface area contributed by atoms with Crippen LogP contribution in [-0.2, 0) is 17.1 Å². The van der Waals surface area contributed by atoms with E-state index in [9.17, 15) is 40.3 Å². The van der Waals surface area contributed by atoms with Crippen molar-refractivity contribution >= 4 is 12.0 Å². The van der Waals surface area contributed by atoms with Crippen LogP contribution in [0.15, 0.2) is 36.4 Å². The van der Waals surface area contributed by atoms with Gasteiger partial charge in [0.2, 0.25) is 0 Å². The molecule has 4 rings (SSSR count). The summed E-state index contributed by atoms with van der Waals surface area (Å²) in [4.78, 5) is 29.9. The van der Waals surface area contributed by atoms with E-state index in [4.69, 9.17) is 5.11 Å². The minimum absolute atomic E-state index is 0.0588. The Morgan fingerprint density at radius 1 is 0.933 bits per heavy atom. The second kappa shape index (κ2) is 13.6. The van der Waals surface area contributed by atoms with E-state index in [1.54, 1.807) is 17.9 Å². The van der Waals surface area contributed by atoms with E-state index in [0.717, 1.165) is 37.1 Å². The van der Waals surface area contributed by atoms with E-state index in [1.165, 1.54) is 26.1 Å². The summed E-state index contributed by atoms with van der Waals surface area (Å²) in [6.45, 7) is 4.95. The number of urea groups is 1. The first kappa shape index (κ1) is 34.5. The number of aliphatic carboxylic acids is 1. The lowest BCUT2D eigenvalue weighted by Crippen LogP contribution is -2.54. The number of aryl methyl sites for hydroxylation is 1. The largest absolute Gasteiger partial charge is 0.481 e. The maximum atomic E-state index is 14.0. The third-order valence-corrected chi connectivity index (χ3v) is 9.22. The van der Waals surface area contributed by atoms with Crippen molar-refractivity contribution in [2.45, 2.75) is 70.4 Å². The van der Waals surface area contributed by atoms with Gasteiger partial charge < -0.3 is 14.9 Å². The van der Waals surface area contributed by atoms with Crippen molar-refractivity contribution in [1.82, 2.24) is 14.7 Å². The monoisotopic (exact) mass is 645 g/mol. The van der Waals surface area contributed by atoms with E-state index in [2.05, 4.69) is 4.90 Å². The second-order valence-corrected chi connectivity index (χ2v) is 12.4. The fraction of sp³-hybridized carbons (Fsp3) is 0.562. The maximum absolute atomic E-state index is 14.0. The van der Waals surface area contributed by atoms with Gasteiger partial charge in [0.05, 0.1) is 23.2 Å². The molecule has 1 aliphatic heterocycles. The van der Waals surface area contributed by atoms with Gasteiger partial charge in [-0.1, -0.05) is 6.07 Å². The van der Waals surface area contributed by atoms with Crippen molar-refractivity contribution in [2.24, 2.45) is 11.8 Å². The highest BCUT2D eigenvalue weighted by atomic mass is 19.4. The molecule has 2 fully saturated rings. The van der Waals surface area contributed by atoms with Gasteiger partial charge in [-0.2, -0.15) is 26.3 Å². The summed E-state index contributed by atoms with van der Waals surface area (Å²) in [5.41, 5.74) is -1.91. The summed E-state index contributed by atoms with van der Waals surface area (Å²) >= 11 is 0. The molecule has 2 aromatic rings. The molecule has 2 amide bonds. The average Bonchev–Trinajstić information content (AvgIpc) is 2.95. The van der Waals surface area contributed by atoms with E-state index < -0.39 is 53.4 Å². The molecule has 2 aliphatic rings. The van der Waals surface area contributed by atoms with Crippen LogP contribution in [0.4, 0.5) is 35.5 Å². The number of hydrogen-bond acceptors (Lipinski definition) is 3. The van der Waals surface area contributed by atoms with Crippen LogP contribution in [0, 0.1) is 24.6 Å². The number of amides is 2. The van der Waals surface area contributed by atoms with Gasteiger partial charge in [-0.25, -0.2) is 9.18 Å². The quantitative estimate of drug-likeness (QED) is 0.311. The minimum atomic E-state index is -5.02. The lowest BCUT2D eigenvalue weighted by molar-refractivity contribution is -0.143. The number of carboxylic acid groups (broad SMARTS) is 1. The lowest BCUT2D eigenvalue weighted by Gasteiger charge is -2.45. The Morgan fingerprint density at radius 3 is 2.04 bits per heavy atom. The van der Waals surface area contributed by atoms with Crippen molar-refractivity contribution < 1.29 is 45.4 Å². The summed E-state index contributed by atoms with van der Waals surface area (Å²) in [6.07, 6.45) is -6.47. The molecule has 0 aromatic heterocycles. The normalized spacial score (nSPS) is 22.3. The summed E-state index contributed by atoms with van der Waals surface area (Å²) < 4.78 is 95.1. The van der Waals surface area contributed by atoms with Gasteiger partial charge in [0.1, 0.15) is 5.82 Å². The molecule has 13 heteroatoms. The Balaban J connectivity index is 1.56. The Morgan fingerprint density at radius 2 is 1.51 bits per heavy atom. The highest BCUT2D eigenvalue weighted by Gasteiger charge is 2.39. The molecule has 1 saturated carbocycles. The smallest absolute Gasteiger partial charge is 0.416 e. The molecule has 2 aromatic carbocycles. The summed E-state index contributed by atoms with van der Waals surface area (Å²) in [5, 5.41) is 9.11. The van der Waals surface area contributed by atoms with Crippen LogP contribution in [0.5, 0.6) is 0 Å². The van der Waals surface area contributed by atoms with Crippen LogP contribution in [0.1, 0.15) is 78.9 Å². The molecule has 248 valence electrons. The third-order valence-electron chi connectivity index (χ3n) is 9.22. The van der Waals surface area contributed by atoms with Crippen molar-refractivity contribution in [1.29, 1.82) is 0 Å². The summed E-state index contributed by atoms with van der Waals surface area (Å²) in [7, 11) is 1.34. The number of halogens is 7. The predicted molar refractivity (Wildman–Crippen MR) is 153 cm³/mol. The van der Waals surface area contributed by atoms with Gasteiger partial charge in [0.15, 0.2) is 0 Å². The third kappa shape index (κ3) is 8.47. The SMILES string of the molecule is Cc1cc(F)ccc1[C@H]1CN(C[C@H]2CC[C@@H](CC(=O)O)CC2)CCN1C(=O)N(C)[C@H](C)c1cc(C(F)(F)F)cc(C(F)(F)F)c1. The predicted octanol–water partition coefficient (Wildman–Crippen LogP) is 7.92. The molecule has 45 heavy (non-hydrogen) atoms. The number of rotatable bonds is 7. The summed E-state index contributed by atoms with van der Waals surface area (Å²) in [6, 6.07) is 3.33. The fourth-order valence-electron chi connectivity index (χ4n) is 6.56. The number of carbonyl (C=O) groups excluding carboxylic acids is 1. The van der Waals surface area contributed by atoms with Gasteiger partial charge in [-0.05, 0) is 98.4 Å². The molecular weight excluding hydrogens is 607 g/mol. The van der Waals surface area contributed by atoms with Crippen molar-refractivity contribution in [3.63, 3.8) is 0 Å². The number of carbonyl (C=O) groups is 2. The molecule has 1 aliphatic carbocycles. The minimum Gasteiger partial charge on any atom is -0.481 e. The molecule has 0 radical (unpaired) electrons. The van der Waals surface area contributed by atoms with E-state index in [-0.39, 0.29) is 30.5 Å². The number of nitrogens with zero attached hydrogens (tertiary/aromatic N) is 3. The number of piperazine rings is 1. The first-order chi connectivity index (χ1) is 20.9. The van der Waals surface area contributed by atoms with Crippen molar-refractivity contribution in [2.75, 3.05) is 33.2 Å². The molecule has 1 N–H and O–H groups in total. The Kier molecular flexibility index (Phi) is 10.4. The van der Waals surface area contributed by atoms with Gasteiger partial charge >= 0.3 is 24.4 Å². The molecule has 1 saturated heterocycles. The topological polar surface area (TPSA) is 64.1 Å². The number of carboxylic acids is 1. The molecular formula is C32H38F7N3O3. The van der Waals surface area contributed by atoms with E-state index in [0.29, 0.717) is 42.3 Å². The van der Waals surface area contributed by atoms with Crippen molar-refractivity contribution in [3.05, 3.63) is 70.0 Å². The Bertz CT molecular complexity index is 1340. The van der Waals surface area contributed by atoms with Crippen LogP contribution >= 0.6 is 0 Å². The van der Waals surface area contributed by atoms with Gasteiger partial charge in [0.25, 0.3) is 0 Å². The van der Waals surface area contributed by atoms with Crippen LogP contribution in [-0.4, -0.2) is 65.0 Å². The number of hydrogen-bond donors (Lipinski definition) is 1. The molecule has 2 atom stereocenters. The maximum Gasteiger partial charge on any atom is 0.416 e. The highest BCUT2D eigenvalue weighted by molar-refractivity contribution is 5.75. The molecule has 0 bridgehead atoms. The molecule has 1 heterocycles. The summed E-state index contributed by atoms with van der Waals surface area (Å²) in [5.74, 6) is -0.747. The average molecular weight is 646 g/mol. The zero-order valence-corrected chi connectivity index (χ0v) is 25.4. The lowest BCUT2D eigenvalue weighted by atomic mass is 9.80. The van der Waals surface area contributed by atoms with Crippen LogP contribution in [0.2, 0.25) is 0 Å². The first-order valence-electron chi connectivity index (χ1n) is 15.0.